The smallest absolute Gasteiger partial charge is 0.306 e. The summed E-state index contributed by atoms with van der Waals surface area (Å²) < 4.78 is 10.3. The molecule has 132 heavy (non-hydrogen) atoms. The molecule has 9 aromatic rings. The van der Waals surface area contributed by atoms with Crippen LogP contribution >= 0.6 is 0 Å². The molecule has 14 nitrogen and oxygen atoms in total. The molecule has 0 fully saturated rings. The number of carbonyl (C=O) groups is 5. The van der Waals surface area contributed by atoms with Gasteiger partial charge in [-0.1, -0.05) is 315 Å². The molecule has 4 aliphatic heterocycles. The molecule has 4 heterocycles. The maximum Gasteiger partial charge on any atom is 0.306 e. The summed E-state index contributed by atoms with van der Waals surface area (Å²) in [5, 5.41) is 16.3. The molecular formula is C118H152N8O6+2. The van der Waals surface area contributed by atoms with Gasteiger partial charge in [-0.15, -0.1) is 0 Å². The first kappa shape index (κ1) is 102. The van der Waals surface area contributed by atoms with Crippen molar-refractivity contribution in [1.29, 1.82) is 0 Å². The Labute approximate surface area is 790 Å². The highest BCUT2D eigenvalue weighted by molar-refractivity contribution is 6.09. The number of likely N-dealkylation sites (N-methyl/N-ethyl adjacent to an activating group) is 2. The van der Waals surface area contributed by atoms with Crippen molar-refractivity contribution in [3.8, 4) is 0 Å². The van der Waals surface area contributed by atoms with Crippen LogP contribution in [0.5, 0.6) is 0 Å². The summed E-state index contributed by atoms with van der Waals surface area (Å²) in [5.74, 6) is -0.667. The van der Waals surface area contributed by atoms with Crippen LogP contribution < -0.4 is 20.4 Å². The van der Waals surface area contributed by atoms with E-state index in [9.17, 15) is 24.0 Å². The van der Waals surface area contributed by atoms with E-state index in [0.29, 0.717) is 32.4 Å². The fourth-order valence-electron chi connectivity index (χ4n) is 19.3. The number of carbonyl (C=O) groups excluding carboxylic acids is 5. The van der Waals surface area contributed by atoms with Crippen LogP contribution in [-0.4, -0.2) is 126 Å². The normalized spacial score (nSPS) is 15.7. The third-order valence-electron chi connectivity index (χ3n) is 26.1. The predicted molar refractivity (Wildman–Crippen MR) is 558 cm³/mol. The molecule has 0 unspecified atom stereocenters. The Balaban J connectivity index is 0.000000190. The van der Waals surface area contributed by atoms with E-state index in [1.165, 1.54) is 174 Å². The molecule has 0 saturated heterocycles. The summed E-state index contributed by atoms with van der Waals surface area (Å²) >= 11 is 0. The van der Waals surface area contributed by atoms with E-state index in [0.717, 1.165) is 51.0 Å². The first-order chi connectivity index (χ1) is 63.4. The highest BCUT2D eigenvalue weighted by atomic mass is 16.5. The van der Waals surface area contributed by atoms with E-state index in [-0.39, 0.29) is 82.8 Å². The molecule has 4 amide bonds. The van der Waals surface area contributed by atoms with Crippen molar-refractivity contribution >= 4 is 107 Å². The molecule has 0 atom stereocenters. The number of amides is 4. The fraction of sp³-hybridized carbons (Fsp3) is 0.415. The van der Waals surface area contributed by atoms with E-state index >= 15 is 0 Å². The van der Waals surface area contributed by atoms with Gasteiger partial charge in [0.2, 0.25) is 35.0 Å². The minimum Gasteiger partial charge on any atom is -0.461 e. The highest BCUT2D eigenvalue weighted by Crippen LogP contribution is 2.53. The van der Waals surface area contributed by atoms with Gasteiger partial charge in [-0.05, 0) is 176 Å². The Hall–Kier alpha value is -11.8. The van der Waals surface area contributed by atoms with Crippen molar-refractivity contribution in [2.75, 3.05) is 76.3 Å². The first-order valence-electron chi connectivity index (χ1n) is 48.9. The monoisotopic (exact) mass is 1780 g/mol. The number of nitrogens with one attached hydrogen (secondary N) is 2. The highest BCUT2D eigenvalue weighted by Gasteiger charge is 2.48. The Morgan fingerprint density at radius 2 is 0.833 bits per heavy atom. The van der Waals surface area contributed by atoms with Crippen molar-refractivity contribution in [1.82, 2.24) is 20.4 Å². The van der Waals surface area contributed by atoms with Gasteiger partial charge in [0, 0.05) is 141 Å². The van der Waals surface area contributed by atoms with Gasteiger partial charge in [-0.2, -0.15) is 9.15 Å². The standard InChI is InChI=1S/C45H53N2.C30H43N3O2.C26H32N.C17H24N2O4/c1-7-9-20-32-46-38-30-28-34-22-16-18-24-36(34)42(38)44(3,4)40(46)26-14-12-11-13-15-27-41-45(5,6)43-37-25-19-17-23-35(37)29-31-39(43)47(41)33-21-10-8-2;1-8-25-30(5,6)28-23-15-12-11-14-22(23)17-18-24(28)33(25)19-13-9-10-16-27(35)32(7)20-26(34)31-21-29(2,3)4;1-5-7-9-10-11-17-24-26(3,4)25-22-16-13-12-15-21(22)18-19-23(25)27(24)20-14-8-6-2;1-3-16(21)19(2)12-15(20)18-11-7-10-17(22)23-13-14-8-5-4-6-9-14/h11-19,22-31H,7-10,20-21,32-33H2,1-6H3;8,11-12,14-15,17-18H,9-10,13,16,19-21H2,1-7H3,(H,31,34);5,7,9-13,15-19H,6,8,14,20H2,1-4H3;4-6,8-9H,3,7,10-13H2,1-2H3,(H,18,20)/q+1;;+1;/b;25-8-;7-5+,10-9+,17-11+;. The molecule has 0 radical (unpaired) electrons. The lowest BCUT2D eigenvalue weighted by Crippen LogP contribution is -2.41. The topological polar surface area (TPSA) is 138 Å². The van der Waals surface area contributed by atoms with Crippen LogP contribution in [0.15, 0.2) is 272 Å². The third-order valence-corrected chi connectivity index (χ3v) is 26.1. The van der Waals surface area contributed by atoms with Gasteiger partial charge in [-0.25, -0.2) is 0 Å². The third kappa shape index (κ3) is 25.9. The fourth-order valence-corrected chi connectivity index (χ4v) is 19.3. The van der Waals surface area contributed by atoms with Gasteiger partial charge in [0.1, 0.15) is 19.7 Å². The number of fused-ring (bicyclic) bond motifs is 12. The minimum absolute atomic E-state index is 0.00660. The van der Waals surface area contributed by atoms with Crippen molar-refractivity contribution in [3.63, 3.8) is 0 Å². The van der Waals surface area contributed by atoms with Crippen LogP contribution in [0.3, 0.4) is 0 Å². The number of hydrogen-bond donors (Lipinski definition) is 2. The number of allylic oxidation sites excluding steroid dienone is 16. The van der Waals surface area contributed by atoms with Gasteiger partial charge in [0.15, 0.2) is 11.4 Å². The van der Waals surface area contributed by atoms with Gasteiger partial charge >= 0.3 is 5.97 Å². The molecular weight excluding hydrogens is 1630 g/mol. The van der Waals surface area contributed by atoms with E-state index in [2.05, 4.69) is 364 Å². The second kappa shape index (κ2) is 48.6. The molecule has 0 aromatic heterocycles. The zero-order valence-corrected chi connectivity index (χ0v) is 83.1. The van der Waals surface area contributed by atoms with Gasteiger partial charge in [0.25, 0.3) is 0 Å². The summed E-state index contributed by atoms with van der Waals surface area (Å²) in [5.41, 5.74) is 17.5. The average Bonchev–Trinajstić information content (AvgIpc) is 1.60. The molecule has 0 saturated carbocycles. The minimum atomic E-state index is -0.290. The van der Waals surface area contributed by atoms with E-state index in [1.807, 2.05) is 37.3 Å². The maximum atomic E-state index is 12.5. The Morgan fingerprint density at radius 1 is 0.417 bits per heavy atom. The molecule has 9 aromatic carbocycles. The Kier molecular flexibility index (Phi) is 37.7. The number of unbranched alkanes of at least 4 members (excludes halogenated alkanes) is 8. The first-order valence-corrected chi connectivity index (χ1v) is 48.9. The predicted octanol–water partition coefficient (Wildman–Crippen LogP) is 26.7. The SMILES string of the molecule is C/C=C/C=C/C=C/C1=[N+](CCCCC)c2ccc3ccccc3c2C1(C)C.C/C=C1\N(CCCCCC(=O)N(C)CC(=O)NCC(C)(C)C)c2ccc3ccccc3c2C1(C)C.CCC(=O)N(C)CC(=O)NCCCC(=O)OCc1ccccc1.CCCCCN1\C(=C/C=C/C=C/C=C/C2=[N+](CCCCC)c3ccc4ccccc4c3C2(C)C)C(C)(C)c2c1ccc1ccccc21. The summed E-state index contributed by atoms with van der Waals surface area (Å²) in [6.45, 7) is 43.5. The molecule has 14 heteroatoms. The average molecular weight is 1780 g/mol. The largest absolute Gasteiger partial charge is 0.461 e. The zero-order chi connectivity index (χ0) is 95.2. The van der Waals surface area contributed by atoms with Crippen LogP contribution in [0.1, 0.15) is 248 Å². The second-order valence-electron chi connectivity index (χ2n) is 38.9. The number of ether oxygens (including phenoxy) is 1. The van der Waals surface area contributed by atoms with Crippen molar-refractivity contribution in [2.45, 2.75) is 249 Å². The van der Waals surface area contributed by atoms with Gasteiger partial charge in [-0.3, -0.25) is 24.0 Å². The number of hydrogen-bond acceptors (Lipinski definition) is 8. The Morgan fingerprint density at radius 3 is 1.31 bits per heavy atom. The number of esters is 1. The molecule has 698 valence electrons. The summed E-state index contributed by atoms with van der Waals surface area (Å²) in [6, 6.07) is 63.0. The number of rotatable bonds is 37. The van der Waals surface area contributed by atoms with Crippen LogP contribution in [0.2, 0.25) is 0 Å². The number of anilines is 2. The van der Waals surface area contributed by atoms with Crippen molar-refractivity contribution in [3.05, 3.63) is 300 Å². The maximum absolute atomic E-state index is 12.5. The quantitative estimate of drug-likeness (QED) is 0.0170. The van der Waals surface area contributed by atoms with E-state index < -0.39 is 0 Å². The molecule has 4 aliphatic rings. The molecule has 0 spiro atoms. The second-order valence-corrected chi connectivity index (χ2v) is 38.9. The zero-order valence-electron chi connectivity index (χ0n) is 83.1. The molecule has 13 rings (SSSR count). The van der Waals surface area contributed by atoms with Gasteiger partial charge < -0.3 is 35.0 Å². The van der Waals surface area contributed by atoms with Crippen LogP contribution in [-0.2, 0) is 57.0 Å². The summed E-state index contributed by atoms with van der Waals surface area (Å²) in [4.78, 5) is 67.1. The van der Waals surface area contributed by atoms with Crippen molar-refractivity contribution < 1.29 is 37.9 Å². The van der Waals surface area contributed by atoms with E-state index in [4.69, 9.17) is 4.74 Å². The van der Waals surface area contributed by atoms with Gasteiger partial charge in [0.05, 0.1) is 23.9 Å². The summed E-state index contributed by atoms with van der Waals surface area (Å²) in [6.07, 6.45) is 46.3. The summed E-state index contributed by atoms with van der Waals surface area (Å²) in [7, 11) is 3.30. The number of benzene rings is 9. The molecule has 0 aliphatic carbocycles. The van der Waals surface area contributed by atoms with E-state index in [1.54, 1.807) is 25.9 Å². The van der Waals surface area contributed by atoms with Crippen LogP contribution in [0, 0.1) is 5.41 Å². The van der Waals surface area contributed by atoms with Crippen LogP contribution in [0.4, 0.5) is 22.7 Å². The molecule has 0 bridgehead atoms. The lowest BCUT2D eigenvalue weighted by atomic mass is 9.79. The van der Waals surface area contributed by atoms with Crippen molar-refractivity contribution in [2.24, 2.45) is 5.41 Å². The van der Waals surface area contributed by atoms with Crippen LogP contribution in [0.25, 0.3) is 43.1 Å². The number of nitrogens with zero attached hydrogens (tertiary/aromatic N) is 6. The Bertz CT molecular complexity index is 5790. The lowest BCUT2D eigenvalue weighted by molar-refractivity contribution is -0.438. The molecule has 2 N–H and O–H groups in total. The lowest BCUT2D eigenvalue weighted by Gasteiger charge is -2.27.